The summed E-state index contributed by atoms with van der Waals surface area (Å²) in [7, 11) is -3.89. The first-order valence-electron chi connectivity index (χ1n) is 5.75. The van der Waals surface area contributed by atoms with E-state index in [0.717, 1.165) is 6.26 Å². The molecule has 0 unspecified atom stereocenters. The van der Waals surface area contributed by atoms with Gasteiger partial charge in [-0.15, -0.1) is 0 Å². The van der Waals surface area contributed by atoms with Crippen molar-refractivity contribution >= 4 is 21.2 Å². The number of sulfone groups is 1. The molecule has 1 aliphatic rings. The Hall–Kier alpha value is -0.870. The molecule has 2 rings (SSSR count). The van der Waals surface area contributed by atoms with Gasteiger partial charge in [0.15, 0.2) is 21.5 Å². The molecule has 1 atom stereocenters. The van der Waals surface area contributed by atoms with Crippen molar-refractivity contribution in [1.82, 2.24) is 0 Å². The Morgan fingerprint density at radius 1 is 1.48 bits per heavy atom. The fourth-order valence-corrected chi connectivity index (χ4v) is 4.41. The Kier molecular flexibility index (Phi) is 3.78. The second-order valence-electron chi connectivity index (χ2n) is 5.04. The van der Waals surface area contributed by atoms with Gasteiger partial charge in [-0.05, 0) is 0 Å². The van der Waals surface area contributed by atoms with Crippen LogP contribution in [0.2, 0.25) is 0 Å². The molecule has 1 aromatic heterocycles. The third-order valence-electron chi connectivity index (χ3n) is 2.86. The molecule has 1 heterocycles. The lowest BCUT2D eigenvalue weighted by molar-refractivity contribution is -0.0976. The average Bonchev–Trinajstić information content (AvgIpc) is 2.71. The number of fused-ring (bicyclic) bond motifs is 1. The van der Waals surface area contributed by atoms with Gasteiger partial charge >= 0.3 is 0 Å². The molecule has 1 N–H and O–H groups in total. The van der Waals surface area contributed by atoms with Crippen LogP contribution in [0.25, 0.3) is 0 Å². The van der Waals surface area contributed by atoms with E-state index in [-0.39, 0.29) is 10.6 Å². The van der Waals surface area contributed by atoms with E-state index in [1.807, 2.05) is 0 Å². The largest absolute Gasteiger partial charge is 0.477 e. The predicted molar refractivity (Wildman–Crippen MR) is 67.2 cm³/mol. The van der Waals surface area contributed by atoms with Crippen molar-refractivity contribution in [1.29, 1.82) is 0 Å². The van der Waals surface area contributed by atoms with Gasteiger partial charge in [0, 0.05) is 30.7 Å². The van der Waals surface area contributed by atoms with Crippen LogP contribution in [-0.2, 0) is 16.3 Å². The number of aliphatic hydroxyl groups excluding tert-OH is 1. The summed E-state index contributed by atoms with van der Waals surface area (Å²) in [5.41, 5.74) is -0.663. The van der Waals surface area contributed by atoms with Crippen LogP contribution in [0.15, 0.2) is 4.21 Å². The van der Waals surface area contributed by atoms with Crippen LogP contribution >= 0.6 is 11.3 Å². The van der Waals surface area contributed by atoms with Crippen LogP contribution in [0, 0.1) is 0 Å². The maximum Gasteiger partial charge on any atom is 0.281 e. The zero-order valence-corrected chi connectivity index (χ0v) is 12.6. The minimum absolute atomic E-state index is 0.220. The van der Waals surface area contributed by atoms with Crippen molar-refractivity contribution in [2.75, 3.05) is 12.9 Å². The van der Waals surface area contributed by atoms with Crippen molar-refractivity contribution < 1.29 is 35.8 Å². The van der Waals surface area contributed by atoms with Gasteiger partial charge in [-0.1, -0.05) is 11.3 Å². The van der Waals surface area contributed by atoms with Crippen LogP contribution in [0.1, 0.15) is 24.2 Å². The first-order chi connectivity index (χ1) is 9.33. The first kappa shape index (κ1) is 16.5. The minimum atomic E-state index is -3.89. The Balaban J connectivity index is 2.49. The fraction of sp³-hybridized carbons (Fsp3) is 0.636. The summed E-state index contributed by atoms with van der Waals surface area (Å²) in [5.74, 6) is -6.74. The highest BCUT2D eigenvalue weighted by Gasteiger charge is 2.52. The van der Waals surface area contributed by atoms with E-state index in [9.17, 15) is 31.1 Å². The lowest BCUT2D eigenvalue weighted by Crippen LogP contribution is -2.23. The molecule has 0 saturated carbocycles. The molecule has 1 aliphatic carbocycles. The maximum atomic E-state index is 13.5. The Morgan fingerprint density at radius 3 is 2.52 bits per heavy atom. The van der Waals surface area contributed by atoms with Crippen LogP contribution in [0.4, 0.5) is 17.6 Å². The number of ether oxygens (including phenoxy) is 1. The Morgan fingerprint density at radius 2 is 2.05 bits per heavy atom. The van der Waals surface area contributed by atoms with E-state index >= 15 is 0 Å². The monoisotopic (exact) mass is 348 g/mol. The number of halogens is 4. The predicted octanol–water partition coefficient (Wildman–Crippen LogP) is 2.41. The second kappa shape index (κ2) is 4.82. The van der Waals surface area contributed by atoms with E-state index in [1.165, 1.54) is 0 Å². The van der Waals surface area contributed by atoms with Crippen molar-refractivity contribution in [2.45, 2.75) is 35.5 Å². The standard InChI is InChI=1S/C11H12F4O4S2/c1-10(12,13)4-19-8-5-3-11(14,15)7(16)6(5)9(20-8)21(2,17)18/h7,16H,3-4H2,1-2H3/t7-/m0/s1. The quantitative estimate of drug-likeness (QED) is 0.849. The highest BCUT2D eigenvalue weighted by molar-refractivity contribution is 7.92. The number of aliphatic hydroxyl groups is 1. The van der Waals surface area contributed by atoms with Gasteiger partial charge in [0.1, 0.15) is 10.3 Å². The lowest BCUT2D eigenvalue weighted by Gasteiger charge is -2.15. The van der Waals surface area contributed by atoms with Gasteiger partial charge in [0.2, 0.25) is 0 Å². The third-order valence-corrected chi connectivity index (χ3v) is 5.86. The smallest absolute Gasteiger partial charge is 0.281 e. The molecule has 120 valence electrons. The minimum Gasteiger partial charge on any atom is -0.477 e. The number of hydrogen-bond acceptors (Lipinski definition) is 5. The molecule has 0 radical (unpaired) electrons. The summed E-state index contributed by atoms with van der Waals surface area (Å²) >= 11 is 0.477. The van der Waals surface area contributed by atoms with E-state index in [0.29, 0.717) is 18.3 Å². The van der Waals surface area contributed by atoms with Crippen LogP contribution in [-0.4, -0.2) is 38.2 Å². The van der Waals surface area contributed by atoms with E-state index in [4.69, 9.17) is 4.74 Å². The summed E-state index contributed by atoms with van der Waals surface area (Å²) in [6.45, 7) is -0.480. The van der Waals surface area contributed by atoms with Crippen molar-refractivity contribution in [2.24, 2.45) is 0 Å². The lowest BCUT2D eigenvalue weighted by atomic mass is 10.2. The summed E-state index contributed by atoms with van der Waals surface area (Å²) in [6, 6.07) is 0. The number of thiophene rings is 1. The number of alkyl halides is 4. The van der Waals surface area contributed by atoms with Crippen LogP contribution in [0.3, 0.4) is 0 Å². The molecule has 0 spiro atoms. The molecular weight excluding hydrogens is 336 g/mol. The van der Waals surface area contributed by atoms with Crippen molar-refractivity contribution in [3.8, 4) is 5.06 Å². The van der Waals surface area contributed by atoms with Crippen molar-refractivity contribution in [3.05, 3.63) is 11.1 Å². The highest BCUT2D eigenvalue weighted by Crippen LogP contribution is 2.53. The fourth-order valence-electron chi connectivity index (χ4n) is 2.01. The molecule has 0 bridgehead atoms. The summed E-state index contributed by atoms with van der Waals surface area (Å²) in [5, 5.41) is 9.27. The maximum absolute atomic E-state index is 13.5. The average molecular weight is 348 g/mol. The molecule has 4 nitrogen and oxygen atoms in total. The van der Waals surface area contributed by atoms with Gasteiger partial charge in [-0.2, -0.15) is 0 Å². The molecule has 0 aliphatic heterocycles. The molecule has 0 fully saturated rings. The highest BCUT2D eigenvalue weighted by atomic mass is 32.2. The topological polar surface area (TPSA) is 63.6 Å². The number of hydrogen-bond donors (Lipinski definition) is 1. The third kappa shape index (κ3) is 3.16. The van der Waals surface area contributed by atoms with Gasteiger partial charge in [0.05, 0.1) is 0 Å². The van der Waals surface area contributed by atoms with Gasteiger partial charge in [-0.25, -0.2) is 26.0 Å². The second-order valence-corrected chi connectivity index (χ2v) is 8.23. The first-order valence-corrected chi connectivity index (χ1v) is 8.46. The molecule has 1 aromatic rings. The Labute approximate surface area is 122 Å². The molecule has 0 saturated heterocycles. The summed E-state index contributed by atoms with van der Waals surface area (Å²) in [4.78, 5) is 0. The molecule has 21 heavy (non-hydrogen) atoms. The van der Waals surface area contributed by atoms with Crippen LogP contribution in [0.5, 0.6) is 5.06 Å². The zero-order chi connectivity index (χ0) is 16.2. The van der Waals surface area contributed by atoms with Gasteiger partial charge in [-0.3, -0.25) is 0 Å². The molecular formula is C11H12F4O4S2. The van der Waals surface area contributed by atoms with Gasteiger partial charge in [0.25, 0.3) is 11.8 Å². The molecule has 0 aromatic carbocycles. The van der Waals surface area contributed by atoms with Crippen LogP contribution < -0.4 is 4.74 Å². The normalized spacial score (nSPS) is 21.4. The van der Waals surface area contributed by atoms with Crippen molar-refractivity contribution in [3.63, 3.8) is 0 Å². The SMILES string of the molecule is CC(F)(F)COc1sc(S(C)(=O)=O)c2c1CC(F)(F)[C@H]2O. The summed E-state index contributed by atoms with van der Waals surface area (Å²) < 4.78 is 80.2. The number of rotatable bonds is 4. The van der Waals surface area contributed by atoms with Gasteiger partial charge < -0.3 is 9.84 Å². The molecule has 10 heteroatoms. The van der Waals surface area contributed by atoms with E-state index in [2.05, 4.69) is 0 Å². The van der Waals surface area contributed by atoms with E-state index in [1.54, 1.807) is 0 Å². The summed E-state index contributed by atoms with van der Waals surface area (Å²) in [6.07, 6.45) is -2.44. The Bertz CT molecular complexity index is 660. The molecule has 0 amide bonds. The zero-order valence-electron chi connectivity index (χ0n) is 11.0. The van der Waals surface area contributed by atoms with E-state index < -0.39 is 50.6 Å².